The molecule has 0 aliphatic carbocycles. The molecule has 2 aliphatic heterocycles. The molecule has 36 heavy (non-hydrogen) atoms. The number of aliphatic carboxylic acids is 1. The first kappa shape index (κ1) is 26.3. The molecule has 192 valence electrons. The van der Waals surface area contributed by atoms with E-state index in [0.29, 0.717) is 32.2 Å². The van der Waals surface area contributed by atoms with E-state index in [-0.39, 0.29) is 6.42 Å². The van der Waals surface area contributed by atoms with Crippen molar-refractivity contribution in [2.75, 3.05) is 44.0 Å². The highest BCUT2D eigenvalue weighted by atomic mass is 32.2. The van der Waals surface area contributed by atoms with Crippen LogP contribution in [0.25, 0.3) is 16.7 Å². The number of carboxylic acids is 1. The minimum atomic E-state index is -0.831. The molecule has 2 aliphatic rings. The van der Waals surface area contributed by atoms with Crippen LogP contribution < -0.4 is 14.4 Å². The van der Waals surface area contributed by atoms with Crippen molar-refractivity contribution in [3.8, 4) is 17.0 Å². The highest BCUT2D eigenvalue weighted by molar-refractivity contribution is 7.99. The summed E-state index contributed by atoms with van der Waals surface area (Å²) in [6.45, 7) is 9.82. The van der Waals surface area contributed by atoms with Gasteiger partial charge >= 0.3 is 5.97 Å². The topological polar surface area (TPSA) is 83.9 Å². The number of anilines is 1. The fraction of sp³-hybridized carbons (Fsp3) is 0.429. The van der Waals surface area contributed by atoms with E-state index in [1.807, 2.05) is 12.3 Å². The van der Waals surface area contributed by atoms with Crippen molar-refractivity contribution in [1.29, 1.82) is 0 Å². The van der Waals surface area contributed by atoms with Gasteiger partial charge in [-0.15, -0.1) is 0 Å². The lowest BCUT2D eigenvalue weighted by atomic mass is 9.80. The predicted octanol–water partition coefficient (Wildman–Crippen LogP) is 4.94. The highest BCUT2D eigenvalue weighted by Gasteiger charge is 2.31. The Morgan fingerprint density at radius 3 is 2.78 bits per heavy atom. The van der Waals surface area contributed by atoms with Gasteiger partial charge in [0, 0.05) is 42.7 Å². The standard InChI is InChI=1S/C28H35N3O4S/c1-17-14-29-9-11-35-10-7-6-8-21(17)26-19(3)27-23-15-30-24(34-4)12-20(23)16-31(36-5)28(27)18(2)22(26)13-25(32)33/h6,8,12,15,29H,7,9-11,13-14,16H2,1-5H3,(H,32,33)/b8-6-,21-17+. The normalized spacial score (nSPS) is 19.2. The molecule has 0 bridgehead atoms. The number of carboxylic acid groups (broad SMARTS) is 1. The molecule has 2 N–H and O–H groups in total. The zero-order valence-corrected chi connectivity index (χ0v) is 22.6. The second kappa shape index (κ2) is 11.5. The van der Waals surface area contributed by atoms with Gasteiger partial charge < -0.3 is 24.2 Å². The Morgan fingerprint density at radius 2 is 2.06 bits per heavy atom. The number of fused-ring (bicyclic) bond motifs is 3. The lowest BCUT2D eigenvalue weighted by molar-refractivity contribution is -0.136. The van der Waals surface area contributed by atoms with Crippen LogP contribution in [0.5, 0.6) is 5.88 Å². The van der Waals surface area contributed by atoms with E-state index in [9.17, 15) is 9.90 Å². The van der Waals surface area contributed by atoms with E-state index >= 15 is 0 Å². The van der Waals surface area contributed by atoms with Gasteiger partial charge in [-0.05, 0) is 60.6 Å². The summed E-state index contributed by atoms with van der Waals surface area (Å²) < 4.78 is 13.3. The average molecular weight is 510 g/mol. The van der Waals surface area contributed by atoms with E-state index in [0.717, 1.165) is 63.2 Å². The first-order valence-corrected chi connectivity index (χ1v) is 13.4. The Balaban J connectivity index is 2.04. The molecule has 0 amide bonds. The van der Waals surface area contributed by atoms with Gasteiger partial charge in [0.25, 0.3) is 0 Å². The highest BCUT2D eigenvalue weighted by Crippen LogP contribution is 2.49. The van der Waals surface area contributed by atoms with Crippen LogP contribution in [0, 0.1) is 13.8 Å². The SMILES string of the molecule is COc1cc2c(cn1)-c1c(C)c(C3=C(\C)CNCCOCC/C=C\3)c(CC(=O)O)c(C)c1N(SC)C2. The first-order valence-electron chi connectivity index (χ1n) is 12.2. The fourth-order valence-corrected chi connectivity index (χ4v) is 5.85. The smallest absolute Gasteiger partial charge is 0.307 e. The summed E-state index contributed by atoms with van der Waals surface area (Å²) in [7, 11) is 1.63. The van der Waals surface area contributed by atoms with Crippen LogP contribution in [0.4, 0.5) is 5.69 Å². The molecule has 1 aromatic carbocycles. The largest absolute Gasteiger partial charge is 0.481 e. The molecule has 4 rings (SSSR count). The number of aromatic nitrogens is 1. The van der Waals surface area contributed by atoms with Gasteiger partial charge in [-0.2, -0.15) is 0 Å². The van der Waals surface area contributed by atoms with Gasteiger partial charge in [-0.3, -0.25) is 4.79 Å². The summed E-state index contributed by atoms with van der Waals surface area (Å²) in [4.78, 5) is 16.6. The Hall–Kier alpha value is -2.81. The second-order valence-corrected chi connectivity index (χ2v) is 9.98. The van der Waals surface area contributed by atoms with E-state index in [1.54, 1.807) is 19.1 Å². The number of pyridine rings is 1. The number of carbonyl (C=O) groups is 1. The van der Waals surface area contributed by atoms with Gasteiger partial charge in [0.15, 0.2) is 0 Å². The van der Waals surface area contributed by atoms with Crippen molar-refractivity contribution >= 4 is 29.2 Å². The fourth-order valence-electron chi connectivity index (χ4n) is 5.17. The third-order valence-electron chi connectivity index (χ3n) is 6.91. The molecule has 8 heteroatoms. The Labute approximate surface area is 217 Å². The van der Waals surface area contributed by atoms with Crippen molar-refractivity contribution in [2.45, 2.75) is 40.2 Å². The zero-order chi connectivity index (χ0) is 25.8. The van der Waals surface area contributed by atoms with Gasteiger partial charge in [-0.1, -0.05) is 29.7 Å². The van der Waals surface area contributed by atoms with Crippen molar-refractivity contribution in [3.63, 3.8) is 0 Å². The van der Waals surface area contributed by atoms with Crippen LogP contribution in [0.15, 0.2) is 30.0 Å². The maximum atomic E-state index is 12.1. The average Bonchev–Trinajstić information content (AvgIpc) is 2.91. The van der Waals surface area contributed by atoms with Crippen molar-refractivity contribution < 1.29 is 19.4 Å². The van der Waals surface area contributed by atoms with Gasteiger partial charge in [-0.25, -0.2) is 4.98 Å². The van der Waals surface area contributed by atoms with E-state index in [1.165, 1.54) is 5.57 Å². The van der Waals surface area contributed by atoms with E-state index in [2.05, 4.69) is 53.8 Å². The molecular weight excluding hydrogens is 474 g/mol. The molecule has 3 heterocycles. The number of ether oxygens (including phenoxy) is 2. The van der Waals surface area contributed by atoms with Crippen LogP contribution >= 0.6 is 11.9 Å². The number of benzene rings is 1. The molecule has 0 spiro atoms. The minimum Gasteiger partial charge on any atom is -0.481 e. The maximum absolute atomic E-state index is 12.1. The number of hydrogen-bond donors (Lipinski definition) is 2. The molecule has 2 aromatic rings. The molecule has 1 aromatic heterocycles. The van der Waals surface area contributed by atoms with Gasteiger partial charge in [0.2, 0.25) is 5.88 Å². The molecule has 0 fully saturated rings. The summed E-state index contributed by atoms with van der Waals surface area (Å²) in [5, 5.41) is 13.4. The summed E-state index contributed by atoms with van der Waals surface area (Å²) >= 11 is 1.65. The van der Waals surface area contributed by atoms with Crippen molar-refractivity contribution in [1.82, 2.24) is 10.3 Å². The quantitative estimate of drug-likeness (QED) is 0.549. The molecular formula is C28H35N3O4S. The second-order valence-electron chi connectivity index (χ2n) is 9.17. The van der Waals surface area contributed by atoms with Crippen LogP contribution in [0.2, 0.25) is 0 Å². The summed E-state index contributed by atoms with van der Waals surface area (Å²) in [6.07, 6.45) is 9.00. The predicted molar refractivity (Wildman–Crippen MR) is 147 cm³/mol. The van der Waals surface area contributed by atoms with E-state index < -0.39 is 5.97 Å². The number of hydrogen-bond acceptors (Lipinski definition) is 7. The Morgan fingerprint density at radius 1 is 1.25 bits per heavy atom. The summed E-state index contributed by atoms with van der Waals surface area (Å²) in [5.41, 5.74) is 10.6. The monoisotopic (exact) mass is 509 g/mol. The van der Waals surface area contributed by atoms with Crippen molar-refractivity contribution in [2.24, 2.45) is 0 Å². The first-order chi connectivity index (χ1) is 17.4. The lowest BCUT2D eigenvalue weighted by Gasteiger charge is -2.36. The molecule has 0 saturated carbocycles. The number of nitrogens with zero attached hydrogens (tertiary/aromatic N) is 2. The molecule has 0 radical (unpaired) electrons. The molecule has 0 unspecified atom stereocenters. The minimum absolute atomic E-state index is 0.0353. The number of rotatable bonds is 5. The third-order valence-corrected chi connectivity index (χ3v) is 7.66. The van der Waals surface area contributed by atoms with Gasteiger partial charge in [0.05, 0.1) is 39.0 Å². The Kier molecular flexibility index (Phi) is 8.39. The molecule has 7 nitrogen and oxygen atoms in total. The van der Waals surface area contributed by atoms with Crippen LogP contribution in [-0.4, -0.2) is 55.7 Å². The lowest BCUT2D eigenvalue weighted by Crippen LogP contribution is -2.24. The van der Waals surface area contributed by atoms with Crippen molar-refractivity contribution in [3.05, 3.63) is 57.8 Å². The number of methoxy groups -OCH3 is 1. The molecule has 0 saturated heterocycles. The van der Waals surface area contributed by atoms with Crippen LogP contribution in [0.3, 0.4) is 0 Å². The molecule has 0 atom stereocenters. The number of allylic oxidation sites excluding steroid dienone is 2. The van der Waals surface area contributed by atoms with E-state index in [4.69, 9.17) is 9.47 Å². The van der Waals surface area contributed by atoms with Crippen LogP contribution in [0.1, 0.15) is 41.2 Å². The summed E-state index contributed by atoms with van der Waals surface area (Å²) in [6, 6.07) is 2.00. The summed E-state index contributed by atoms with van der Waals surface area (Å²) in [5.74, 6) is -0.240. The third kappa shape index (κ3) is 5.16. The Bertz CT molecular complexity index is 1220. The van der Waals surface area contributed by atoms with Crippen LogP contribution in [-0.2, 0) is 22.5 Å². The zero-order valence-electron chi connectivity index (χ0n) is 21.7. The van der Waals surface area contributed by atoms with Gasteiger partial charge in [0.1, 0.15) is 0 Å². The number of nitrogens with one attached hydrogen (secondary N) is 1. The maximum Gasteiger partial charge on any atom is 0.307 e.